The number of rotatable bonds is 4. The molecule has 5 aromatic rings. The van der Waals surface area contributed by atoms with Gasteiger partial charge >= 0.3 is 0 Å². The van der Waals surface area contributed by atoms with Crippen molar-refractivity contribution < 1.29 is 4.74 Å². The zero-order chi connectivity index (χ0) is 21.5. The van der Waals surface area contributed by atoms with Crippen LogP contribution >= 0.6 is 0 Å². The highest BCUT2D eigenvalue weighted by Crippen LogP contribution is 2.33. The number of hydrogen-bond donors (Lipinski definition) is 2. The van der Waals surface area contributed by atoms with Crippen LogP contribution < -0.4 is 10.2 Å². The second-order valence-electron chi connectivity index (χ2n) is 8.01. The summed E-state index contributed by atoms with van der Waals surface area (Å²) in [6.07, 6.45) is 5.48. The minimum Gasteiger partial charge on any atom is -0.378 e. The molecule has 2 aromatic carbocycles. The molecule has 0 saturated carbocycles. The third kappa shape index (κ3) is 3.34. The van der Waals surface area contributed by atoms with Crippen LogP contribution in [-0.2, 0) is 11.8 Å². The van der Waals surface area contributed by atoms with Crippen molar-refractivity contribution in [1.82, 2.24) is 24.7 Å². The third-order valence-electron chi connectivity index (χ3n) is 5.93. The van der Waals surface area contributed by atoms with Crippen LogP contribution in [0.4, 0.5) is 17.2 Å². The monoisotopic (exact) mass is 425 g/mol. The fourth-order valence-electron chi connectivity index (χ4n) is 4.28. The van der Waals surface area contributed by atoms with Gasteiger partial charge in [-0.15, -0.1) is 0 Å². The van der Waals surface area contributed by atoms with E-state index in [2.05, 4.69) is 72.7 Å². The summed E-state index contributed by atoms with van der Waals surface area (Å²) in [4.78, 5) is 14.8. The van der Waals surface area contributed by atoms with Crippen LogP contribution in [0.15, 0.2) is 61.2 Å². The van der Waals surface area contributed by atoms with Gasteiger partial charge in [-0.05, 0) is 42.0 Å². The fourth-order valence-corrected chi connectivity index (χ4v) is 4.28. The maximum Gasteiger partial charge on any atom is 0.143 e. The second kappa shape index (κ2) is 7.65. The fraction of sp³-hybridized carbons (Fsp3) is 0.208. The Balaban J connectivity index is 1.37. The summed E-state index contributed by atoms with van der Waals surface area (Å²) in [7, 11) is 1.92. The van der Waals surface area contributed by atoms with E-state index < -0.39 is 0 Å². The minimum atomic E-state index is 0.778. The van der Waals surface area contributed by atoms with E-state index in [9.17, 15) is 0 Å². The van der Waals surface area contributed by atoms with E-state index in [0.717, 1.165) is 70.9 Å². The van der Waals surface area contributed by atoms with E-state index in [0.29, 0.717) is 0 Å². The van der Waals surface area contributed by atoms with Gasteiger partial charge in [0.1, 0.15) is 17.8 Å². The normalized spacial score (nSPS) is 14.3. The predicted molar refractivity (Wildman–Crippen MR) is 126 cm³/mol. The molecule has 6 rings (SSSR count). The van der Waals surface area contributed by atoms with Crippen molar-refractivity contribution in [3.63, 3.8) is 0 Å². The highest BCUT2D eigenvalue weighted by atomic mass is 16.5. The van der Waals surface area contributed by atoms with E-state index in [-0.39, 0.29) is 0 Å². The number of nitrogens with one attached hydrogen (secondary N) is 2. The zero-order valence-corrected chi connectivity index (χ0v) is 17.7. The van der Waals surface area contributed by atoms with Crippen LogP contribution in [0, 0.1) is 0 Å². The zero-order valence-electron chi connectivity index (χ0n) is 17.7. The maximum absolute atomic E-state index is 5.45. The van der Waals surface area contributed by atoms with Crippen molar-refractivity contribution in [2.75, 3.05) is 36.5 Å². The Hall–Kier alpha value is -3.91. The molecule has 1 fully saturated rings. The van der Waals surface area contributed by atoms with Crippen LogP contribution in [0.1, 0.15) is 0 Å². The van der Waals surface area contributed by atoms with Crippen molar-refractivity contribution >= 4 is 39.1 Å². The second-order valence-corrected chi connectivity index (χ2v) is 8.01. The molecule has 0 unspecified atom stereocenters. The molecular formula is C24H23N7O. The van der Waals surface area contributed by atoms with Gasteiger partial charge in [-0.25, -0.2) is 9.97 Å². The summed E-state index contributed by atoms with van der Waals surface area (Å²) in [5, 5.41) is 9.84. The Labute approximate surface area is 184 Å². The molecule has 32 heavy (non-hydrogen) atoms. The molecule has 0 atom stereocenters. The quantitative estimate of drug-likeness (QED) is 0.451. The summed E-state index contributed by atoms with van der Waals surface area (Å²) in [6.45, 7) is 3.41. The molecule has 1 aliphatic rings. The summed E-state index contributed by atoms with van der Waals surface area (Å²) in [6, 6.07) is 14.8. The predicted octanol–water partition coefficient (Wildman–Crippen LogP) is 4.09. The Morgan fingerprint density at radius 2 is 1.84 bits per heavy atom. The van der Waals surface area contributed by atoms with Gasteiger partial charge in [0.15, 0.2) is 0 Å². The number of aromatic nitrogens is 5. The Morgan fingerprint density at radius 1 is 1.00 bits per heavy atom. The van der Waals surface area contributed by atoms with Crippen LogP contribution in [0.5, 0.6) is 0 Å². The number of aryl methyl sites for hydroxylation is 1. The lowest BCUT2D eigenvalue weighted by Crippen LogP contribution is -2.36. The molecule has 0 spiro atoms. The summed E-state index contributed by atoms with van der Waals surface area (Å²) in [5.74, 6) is 0.781. The van der Waals surface area contributed by atoms with Gasteiger partial charge in [-0.2, -0.15) is 5.10 Å². The van der Waals surface area contributed by atoms with Crippen molar-refractivity contribution in [2.24, 2.45) is 7.05 Å². The number of anilines is 3. The lowest BCUT2D eigenvalue weighted by atomic mass is 10.1. The Kier molecular flexibility index (Phi) is 4.50. The van der Waals surface area contributed by atoms with Crippen molar-refractivity contribution in [1.29, 1.82) is 0 Å². The minimum absolute atomic E-state index is 0.778. The van der Waals surface area contributed by atoms with Crippen molar-refractivity contribution in [3.8, 4) is 11.1 Å². The average molecular weight is 425 g/mol. The summed E-state index contributed by atoms with van der Waals surface area (Å²) < 4.78 is 7.27. The number of morpholine rings is 1. The molecule has 0 radical (unpaired) electrons. The van der Waals surface area contributed by atoms with Gasteiger partial charge < -0.3 is 19.9 Å². The van der Waals surface area contributed by atoms with Gasteiger partial charge in [0, 0.05) is 54.2 Å². The first-order chi connectivity index (χ1) is 15.7. The van der Waals surface area contributed by atoms with Crippen LogP contribution in [0.25, 0.3) is 33.1 Å². The van der Waals surface area contributed by atoms with Crippen LogP contribution in [-0.4, -0.2) is 51.0 Å². The van der Waals surface area contributed by atoms with Gasteiger partial charge in [-0.1, -0.05) is 6.07 Å². The number of nitrogens with zero attached hydrogens (tertiary/aromatic N) is 5. The Bertz CT molecular complexity index is 1400. The molecule has 1 saturated heterocycles. The molecule has 1 aliphatic heterocycles. The van der Waals surface area contributed by atoms with Crippen molar-refractivity contribution in [3.05, 3.63) is 61.2 Å². The SMILES string of the molecule is Cn1cc(-c2ccc3[nH]c4ncnc(Nc5ccc(N6CCOCC6)cc5)c4c3c2)cn1. The average Bonchev–Trinajstić information content (AvgIpc) is 3.43. The molecule has 0 amide bonds. The summed E-state index contributed by atoms with van der Waals surface area (Å²) >= 11 is 0. The standard InChI is InChI=1S/C24H23N7O/c1-30-14-17(13-27-30)16-2-7-21-20(12-16)22-23(25-15-26-24(22)29-21)28-18-3-5-19(6-4-18)31-8-10-32-11-9-31/h2-7,12-15H,8-11H2,1H3,(H2,25,26,28,29). The molecule has 2 N–H and O–H groups in total. The van der Waals surface area contributed by atoms with E-state index >= 15 is 0 Å². The molecular weight excluding hydrogens is 402 g/mol. The molecule has 8 heteroatoms. The van der Waals surface area contributed by atoms with Gasteiger partial charge in [0.25, 0.3) is 0 Å². The van der Waals surface area contributed by atoms with Crippen LogP contribution in [0.2, 0.25) is 0 Å². The van der Waals surface area contributed by atoms with E-state index in [1.165, 1.54) is 5.69 Å². The first kappa shape index (κ1) is 18.8. The highest BCUT2D eigenvalue weighted by Gasteiger charge is 2.14. The van der Waals surface area contributed by atoms with Gasteiger partial charge in [0.05, 0.1) is 24.8 Å². The molecule has 3 aromatic heterocycles. The van der Waals surface area contributed by atoms with Crippen molar-refractivity contribution in [2.45, 2.75) is 0 Å². The molecule has 0 bridgehead atoms. The molecule has 4 heterocycles. The first-order valence-electron chi connectivity index (χ1n) is 10.7. The van der Waals surface area contributed by atoms with Gasteiger partial charge in [-0.3, -0.25) is 4.68 Å². The lowest BCUT2D eigenvalue weighted by molar-refractivity contribution is 0.122. The summed E-state index contributed by atoms with van der Waals surface area (Å²) in [5.41, 5.74) is 6.22. The highest BCUT2D eigenvalue weighted by molar-refractivity contribution is 6.12. The number of benzene rings is 2. The molecule has 0 aliphatic carbocycles. The van der Waals surface area contributed by atoms with E-state index in [1.807, 2.05) is 24.1 Å². The topological polar surface area (TPSA) is 83.9 Å². The number of hydrogen-bond acceptors (Lipinski definition) is 6. The van der Waals surface area contributed by atoms with E-state index in [4.69, 9.17) is 4.74 Å². The number of fused-ring (bicyclic) bond motifs is 3. The van der Waals surface area contributed by atoms with E-state index in [1.54, 1.807) is 6.33 Å². The first-order valence-corrected chi connectivity index (χ1v) is 10.7. The number of ether oxygens (including phenoxy) is 1. The smallest absolute Gasteiger partial charge is 0.143 e. The molecule has 8 nitrogen and oxygen atoms in total. The maximum atomic E-state index is 5.45. The van der Waals surface area contributed by atoms with Crippen LogP contribution in [0.3, 0.4) is 0 Å². The third-order valence-corrected chi connectivity index (χ3v) is 5.93. The Morgan fingerprint density at radius 3 is 2.62 bits per heavy atom. The van der Waals surface area contributed by atoms with Gasteiger partial charge in [0.2, 0.25) is 0 Å². The largest absolute Gasteiger partial charge is 0.378 e. The number of H-pyrrole nitrogens is 1. The lowest BCUT2D eigenvalue weighted by Gasteiger charge is -2.28. The molecule has 160 valence electrons. The number of aromatic amines is 1.